The number of alkyl halides is 2. The lowest BCUT2D eigenvalue weighted by Gasteiger charge is -2.42. The highest BCUT2D eigenvalue weighted by atomic mass is 35.5. The van der Waals surface area contributed by atoms with Gasteiger partial charge in [-0.25, -0.2) is 0 Å². The molecule has 150 valence electrons. The second-order valence-electron chi connectivity index (χ2n) is 6.19. The van der Waals surface area contributed by atoms with Gasteiger partial charge in [0.05, 0.1) is 23.1 Å². The number of piperazine rings is 1. The molecule has 0 spiro atoms. The van der Waals surface area contributed by atoms with Crippen molar-refractivity contribution < 1.29 is 9.59 Å². The van der Waals surface area contributed by atoms with Crippen LogP contribution in [0.15, 0.2) is 35.7 Å². The molecular weight excluding hydrogens is 464 g/mol. The third-order valence-corrected chi connectivity index (χ3v) is 6.42. The topological polar surface area (TPSA) is 52.7 Å². The van der Waals surface area contributed by atoms with Gasteiger partial charge in [-0.3, -0.25) is 9.59 Å². The molecule has 1 fully saturated rings. The molecule has 5 nitrogen and oxygen atoms in total. The molecule has 0 radical (unpaired) electrons. The molecule has 1 saturated heterocycles. The molecule has 3 rings (SSSR count). The maximum absolute atomic E-state index is 13.0. The first kappa shape index (κ1) is 21.5. The van der Waals surface area contributed by atoms with Gasteiger partial charge in [-0.15, -0.1) is 11.3 Å². The van der Waals surface area contributed by atoms with E-state index in [1.165, 1.54) is 4.90 Å². The van der Waals surface area contributed by atoms with Crippen molar-refractivity contribution in [3.8, 4) is 0 Å². The Bertz CT molecular complexity index is 847. The normalized spacial score (nSPS) is 17.1. The summed E-state index contributed by atoms with van der Waals surface area (Å²) in [6, 6.07) is 8.47. The summed E-state index contributed by atoms with van der Waals surface area (Å²) in [5, 5.41) is 5.72. The van der Waals surface area contributed by atoms with Crippen LogP contribution >= 0.6 is 57.7 Å². The second kappa shape index (κ2) is 9.55. The van der Waals surface area contributed by atoms with Crippen molar-refractivity contribution in [2.45, 2.75) is 17.4 Å². The largest absolute Gasteiger partial charge is 0.356 e. The Kier molecular flexibility index (Phi) is 7.34. The monoisotopic (exact) mass is 479 g/mol. The van der Waals surface area contributed by atoms with Crippen molar-refractivity contribution in [1.82, 2.24) is 10.2 Å². The number of benzene rings is 1. The quantitative estimate of drug-likeness (QED) is 0.652. The third-order valence-electron chi connectivity index (χ3n) is 4.43. The minimum absolute atomic E-state index is 0.172. The van der Waals surface area contributed by atoms with Gasteiger partial charge in [0.2, 0.25) is 5.91 Å². The number of hydrogen-bond acceptors (Lipinski definition) is 4. The highest BCUT2D eigenvalue weighted by Crippen LogP contribution is 2.29. The summed E-state index contributed by atoms with van der Waals surface area (Å²) in [6.45, 7) is 1.42. The highest BCUT2D eigenvalue weighted by molar-refractivity contribution is 7.09. The van der Waals surface area contributed by atoms with Crippen LogP contribution in [0.5, 0.6) is 0 Å². The van der Waals surface area contributed by atoms with E-state index in [4.69, 9.17) is 46.4 Å². The molecular formula is C18H17Cl4N3O2S. The van der Waals surface area contributed by atoms with E-state index >= 15 is 0 Å². The zero-order valence-corrected chi connectivity index (χ0v) is 18.4. The molecule has 10 heteroatoms. The van der Waals surface area contributed by atoms with E-state index in [-0.39, 0.29) is 12.5 Å². The van der Waals surface area contributed by atoms with Gasteiger partial charge < -0.3 is 15.1 Å². The van der Waals surface area contributed by atoms with Crippen LogP contribution in [0.1, 0.15) is 4.88 Å². The van der Waals surface area contributed by atoms with Gasteiger partial charge in [0.15, 0.2) is 4.84 Å². The van der Waals surface area contributed by atoms with Crippen molar-refractivity contribution in [3.63, 3.8) is 0 Å². The summed E-state index contributed by atoms with van der Waals surface area (Å²) in [6.07, 6.45) is 0. The number of rotatable bonds is 5. The smallest absolute Gasteiger partial charge is 0.256 e. The minimum Gasteiger partial charge on any atom is -0.356 e. The lowest BCUT2D eigenvalue weighted by Crippen LogP contribution is -2.60. The molecule has 1 aliphatic heterocycles. The number of halogens is 4. The van der Waals surface area contributed by atoms with Crippen molar-refractivity contribution in [2.75, 3.05) is 24.5 Å². The first-order chi connectivity index (χ1) is 13.4. The van der Waals surface area contributed by atoms with Gasteiger partial charge in [-0.05, 0) is 29.6 Å². The van der Waals surface area contributed by atoms with Gasteiger partial charge in [0.25, 0.3) is 5.91 Å². The molecule has 0 aliphatic carbocycles. The first-order valence-electron chi connectivity index (χ1n) is 8.45. The van der Waals surface area contributed by atoms with Crippen LogP contribution in [0.2, 0.25) is 10.0 Å². The van der Waals surface area contributed by atoms with E-state index in [2.05, 4.69) is 5.32 Å². The fourth-order valence-electron chi connectivity index (χ4n) is 3.02. The molecule has 0 bridgehead atoms. The third kappa shape index (κ3) is 5.05. The number of hydrogen-bond donors (Lipinski definition) is 1. The number of carbonyl (C=O) groups excluding carboxylic acids is 2. The van der Waals surface area contributed by atoms with Crippen molar-refractivity contribution in [1.29, 1.82) is 0 Å². The molecule has 2 heterocycles. The van der Waals surface area contributed by atoms with E-state index < -0.39 is 16.8 Å². The number of amides is 2. The lowest BCUT2D eigenvalue weighted by molar-refractivity contribution is -0.131. The molecule has 0 saturated carbocycles. The van der Waals surface area contributed by atoms with Crippen LogP contribution in [-0.2, 0) is 16.1 Å². The van der Waals surface area contributed by atoms with Crippen LogP contribution < -0.4 is 10.2 Å². The zero-order chi connectivity index (χ0) is 20.3. The Morgan fingerprint density at radius 2 is 1.96 bits per heavy atom. The van der Waals surface area contributed by atoms with Crippen LogP contribution in [0, 0.1) is 0 Å². The summed E-state index contributed by atoms with van der Waals surface area (Å²) in [4.78, 5) is 28.5. The molecule has 1 aliphatic rings. The van der Waals surface area contributed by atoms with Gasteiger partial charge in [0, 0.05) is 23.7 Å². The molecule has 28 heavy (non-hydrogen) atoms. The van der Waals surface area contributed by atoms with Crippen LogP contribution in [0.3, 0.4) is 0 Å². The van der Waals surface area contributed by atoms with Crippen molar-refractivity contribution >= 4 is 75.2 Å². The van der Waals surface area contributed by atoms with Crippen LogP contribution in [0.25, 0.3) is 0 Å². The average Bonchev–Trinajstić information content (AvgIpc) is 3.20. The van der Waals surface area contributed by atoms with Crippen molar-refractivity contribution in [2.24, 2.45) is 0 Å². The molecule has 1 aromatic carbocycles. The van der Waals surface area contributed by atoms with E-state index in [1.807, 2.05) is 22.4 Å². The Morgan fingerprint density at radius 1 is 1.18 bits per heavy atom. The van der Waals surface area contributed by atoms with Gasteiger partial charge in [-0.2, -0.15) is 0 Å². The fraction of sp³-hybridized carbons (Fsp3) is 0.333. The number of thiophene rings is 1. The minimum atomic E-state index is -1.16. The lowest BCUT2D eigenvalue weighted by atomic mass is 10.1. The Morgan fingerprint density at radius 3 is 2.61 bits per heavy atom. The van der Waals surface area contributed by atoms with Gasteiger partial charge >= 0.3 is 0 Å². The predicted octanol–water partition coefficient (Wildman–Crippen LogP) is 4.19. The van der Waals surface area contributed by atoms with Gasteiger partial charge in [-0.1, -0.05) is 52.5 Å². The number of nitrogens with one attached hydrogen (secondary N) is 1. The maximum Gasteiger partial charge on any atom is 0.256 e. The Hall–Kier alpha value is -1.18. The SMILES string of the molecule is O=C(NCc1cccs1)[C@@H]1CN(C(=O)C(Cl)Cl)CCN1c1ccc(Cl)c(Cl)c1. The molecule has 0 unspecified atom stereocenters. The molecule has 2 aromatic rings. The molecule has 1 atom stereocenters. The summed E-state index contributed by atoms with van der Waals surface area (Å²) in [5.74, 6) is -0.606. The van der Waals surface area contributed by atoms with Gasteiger partial charge in [0.1, 0.15) is 6.04 Å². The van der Waals surface area contributed by atoms with Crippen LogP contribution in [0.4, 0.5) is 5.69 Å². The molecule has 1 aromatic heterocycles. The maximum atomic E-state index is 13.0. The summed E-state index contributed by atoms with van der Waals surface area (Å²) < 4.78 is 0. The van der Waals surface area contributed by atoms with E-state index in [0.717, 1.165) is 10.6 Å². The number of carbonyl (C=O) groups is 2. The molecule has 2 amide bonds. The second-order valence-corrected chi connectivity index (χ2v) is 9.13. The van der Waals surface area contributed by atoms with E-state index in [0.29, 0.717) is 29.7 Å². The Balaban J connectivity index is 1.81. The van der Waals surface area contributed by atoms with Crippen LogP contribution in [-0.4, -0.2) is 47.2 Å². The number of anilines is 1. The van der Waals surface area contributed by atoms with E-state index in [9.17, 15) is 9.59 Å². The number of nitrogens with zero attached hydrogens (tertiary/aromatic N) is 2. The van der Waals surface area contributed by atoms with E-state index in [1.54, 1.807) is 29.5 Å². The highest BCUT2D eigenvalue weighted by Gasteiger charge is 2.36. The predicted molar refractivity (Wildman–Crippen MR) is 116 cm³/mol. The Labute approximate surface area is 187 Å². The summed E-state index contributed by atoms with van der Waals surface area (Å²) in [5.41, 5.74) is 0.756. The zero-order valence-electron chi connectivity index (χ0n) is 14.6. The first-order valence-corrected chi connectivity index (χ1v) is 11.0. The van der Waals surface area contributed by atoms with Crippen molar-refractivity contribution in [3.05, 3.63) is 50.6 Å². The summed E-state index contributed by atoms with van der Waals surface area (Å²) >= 11 is 25.2. The molecule has 1 N–H and O–H groups in total. The standard InChI is InChI=1S/C18H17Cl4N3O2S/c19-13-4-3-11(8-14(13)20)25-6-5-24(18(27)16(21)22)10-15(25)17(26)23-9-12-2-1-7-28-12/h1-4,7-8,15-16H,5-6,9-10H2,(H,23,26)/t15-/m0/s1. The fourth-order valence-corrected chi connectivity index (χ4v) is 4.24. The average molecular weight is 481 g/mol. The summed E-state index contributed by atoms with van der Waals surface area (Å²) in [7, 11) is 0.